The number of carboxylic acid groups (broad SMARTS) is 1. The summed E-state index contributed by atoms with van der Waals surface area (Å²) in [6.45, 7) is 6.30. The number of carbonyl (C=O) groups is 3. The Morgan fingerprint density at radius 1 is 1.35 bits per heavy atom. The Bertz CT molecular complexity index is 399. The van der Waals surface area contributed by atoms with E-state index in [0.717, 1.165) is 0 Å². The second-order valence-electron chi connectivity index (χ2n) is 5.18. The molecule has 1 rings (SSSR count). The summed E-state index contributed by atoms with van der Waals surface area (Å²) in [6.07, 6.45) is 0.930. The van der Waals surface area contributed by atoms with Gasteiger partial charge in [0.15, 0.2) is 0 Å². The molecule has 1 aliphatic heterocycles. The van der Waals surface area contributed by atoms with Gasteiger partial charge in [0.05, 0.1) is 5.41 Å². The average Bonchev–Trinajstić information content (AvgIpc) is 2.84. The highest BCUT2D eigenvalue weighted by molar-refractivity contribution is 5.87. The first kappa shape index (κ1) is 16.3. The molecule has 114 valence electrons. The van der Waals surface area contributed by atoms with Crippen LogP contribution in [0.25, 0.3) is 0 Å². The number of hydrogen-bond acceptors (Lipinski definition) is 3. The van der Waals surface area contributed by atoms with Gasteiger partial charge >= 0.3 is 12.0 Å². The van der Waals surface area contributed by atoms with Gasteiger partial charge in [0, 0.05) is 19.6 Å². The Morgan fingerprint density at radius 2 is 2.00 bits per heavy atom. The third-order valence-corrected chi connectivity index (χ3v) is 3.86. The number of likely N-dealkylation sites (tertiary alicyclic amines) is 1. The third kappa shape index (κ3) is 3.40. The van der Waals surface area contributed by atoms with Crippen LogP contribution in [0.4, 0.5) is 4.79 Å². The van der Waals surface area contributed by atoms with E-state index in [1.165, 1.54) is 4.90 Å². The second-order valence-corrected chi connectivity index (χ2v) is 5.18. The number of carboxylic acids is 1. The van der Waals surface area contributed by atoms with Gasteiger partial charge in [-0.1, -0.05) is 6.92 Å². The maximum atomic E-state index is 12.0. The monoisotopic (exact) mass is 285 g/mol. The van der Waals surface area contributed by atoms with Crippen molar-refractivity contribution in [1.82, 2.24) is 15.5 Å². The largest absolute Gasteiger partial charge is 0.481 e. The smallest absolute Gasteiger partial charge is 0.318 e. The highest BCUT2D eigenvalue weighted by atomic mass is 16.4. The SMILES string of the molecule is CCNC(=O)C(C)NC(=O)N1CCC(CC)(C(=O)O)C1. The number of rotatable bonds is 5. The molecular formula is C13H23N3O4. The molecule has 1 fully saturated rings. The van der Waals surface area contributed by atoms with Gasteiger partial charge in [0.1, 0.15) is 6.04 Å². The van der Waals surface area contributed by atoms with E-state index in [-0.39, 0.29) is 18.5 Å². The van der Waals surface area contributed by atoms with Crippen molar-refractivity contribution in [1.29, 1.82) is 0 Å². The summed E-state index contributed by atoms with van der Waals surface area (Å²) >= 11 is 0. The van der Waals surface area contributed by atoms with Crippen molar-refractivity contribution in [3.05, 3.63) is 0 Å². The normalized spacial score (nSPS) is 23.2. The first-order valence-electron chi connectivity index (χ1n) is 6.93. The van der Waals surface area contributed by atoms with Crippen LogP contribution in [0.3, 0.4) is 0 Å². The van der Waals surface area contributed by atoms with Crippen LogP contribution in [-0.2, 0) is 9.59 Å². The number of nitrogens with one attached hydrogen (secondary N) is 2. The first-order chi connectivity index (χ1) is 9.36. The van der Waals surface area contributed by atoms with Gasteiger partial charge in [-0.2, -0.15) is 0 Å². The van der Waals surface area contributed by atoms with E-state index in [0.29, 0.717) is 25.9 Å². The first-order valence-corrected chi connectivity index (χ1v) is 6.93. The molecule has 1 aliphatic rings. The molecule has 0 bridgehead atoms. The summed E-state index contributed by atoms with van der Waals surface area (Å²) in [6, 6.07) is -1.02. The summed E-state index contributed by atoms with van der Waals surface area (Å²) in [7, 11) is 0. The van der Waals surface area contributed by atoms with Crippen molar-refractivity contribution < 1.29 is 19.5 Å². The average molecular weight is 285 g/mol. The molecule has 2 atom stereocenters. The van der Waals surface area contributed by atoms with Gasteiger partial charge in [-0.3, -0.25) is 9.59 Å². The van der Waals surface area contributed by atoms with Gasteiger partial charge in [-0.05, 0) is 26.7 Å². The highest BCUT2D eigenvalue weighted by Gasteiger charge is 2.44. The topological polar surface area (TPSA) is 98.7 Å². The zero-order valence-electron chi connectivity index (χ0n) is 12.2. The molecule has 1 heterocycles. The van der Waals surface area contributed by atoms with Crippen LogP contribution in [0.1, 0.15) is 33.6 Å². The molecule has 0 saturated carbocycles. The fraction of sp³-hybridized carbons (Fsp3) is 0.769. The molecule has 20 heavy (non-hydrogen) atoms. The molecule has 0 aromatic rings. The van der Waals surface area contributed by atoms with Crippen LogP contribution in [0.2, 0.25) is 0 Å². The number of carbonyl (C=O) groups excluding carboxylic acids is 2. The number of hydrogen-bond donors (Lipinski definition) is 3. The maximum Gasteiger partial charge on any atom is 0.318 e. The Hall–Kier alpha value is -1.79. The van der Waals surface area contributed by atoms with Crippen LogP contribution < -0.4 is 10.6 Å². The van der Waals surface area contributed by atoms with Crippen LogP contribution in [-0.4, -0.2) is 53.6 Å². The van der Waals surface area contributed by atoms with E-state index in [2.05, 4.69) is 10.6 Å². The van der Waals surface area contributed by atoms with Gasteiger partial charge in [-0.15, -0.1) is 0 Å². The lowest BCUT2D eigenvalue weighted by Gasteiger charge is -2.24. The molecule has 0 aliphatic carbocycles. The molecule has 1 saturated heterocycles. The van der Waals surface area contributed by atoms with E-state index in [1.807, 2.05) is 6.92 Å². The molecule has 0 aromatic heterocycles. The Morgan fingerprint density at radius 3 is 2.45 bits per heavy atom. The molecule has 7 heteroatoms. The van der Waals surface area contributed by atoms with E-state index in [4.69, 9.17) is 0 Å². The Labute approximate surface area is 118 Å². The molecule has 7 nitrogen and oxygen atoms in total. The highest BCUT2D eigenvalue weighted by Crippen LogP contribution is 2.34. The summed E-state index contributed by atoms with van der Waals surface area (Å²) in [5.41, 5.74) is -0.855. The lowest BCUT2D eigenvalue weighted by atomic mass is 9.84. The van der Waals surface area contributed by atoms with E-state index in [9.17, 15) is 19.5 Å². The van der Waals surface area contributed by atoms with Crippen molar-refractivity contribution in [3.63, 3.8) is 0 Å². The molecular weight excluding hydrogens is 262 g/mol. The van der Waals surface area contributed by atoms with Gasteiger partial charge < -0.3 is 20.6 Å². The van der Waals surface area contributed by atoms with Crippen LogP contribution >= 0.6 is 0 Å². The molecule has 0 spiro atoms. The minimum absolute atomic E-state index is 0.187. The van der Waals surface area contributed by atoms with Crippen molar-refractivity contribution in [3.8, 4) is 0 Å². The van der Waals surface area contributed by atoms with Crippen molar-refractivity contribution in [2.75, 3.05) is 19.6 Å². The summed E-state index contributed by atoms with van der Waals surface area (Å²) < 4.78 is 0. The summed E-state index contributed by atoms with van der Waals surface area (Å²) in [4.78, 5) is 36.4. The summed E-state index contributed by atoms with van der Waals surface area (Å²) in [5, 5.41) is 14.5. The van der Waals surface area contributed by atoms with E-state index in [1.54, 1.807) is 13.8 Å². The van der Waals surface area contributed by atoms with E-state index >= 15 is 0 Å². The maximum absolute atomic E-state index is 12.0. The van der Waals surface area contributed by atoms with Crippen LogP contribution in [0.5, 0.6) is 0 Å². The lowest BCUT2D eigenvalue weighted by molar-refractivity contribution is -0.148. The molecule has 3 N–H and O–H groups in total. The minimum atomic E-state index is -0.868. The van der Waals surface area contributed by atoms with Crippen molar-refractivity contribution in [2.45, 2.75) is 39.7 Å². The lowest BCUT2D eigenvalue weighted by Crippen LogP contribution is -2.50. The predicted molar refractivity (Wildman–Crippen MR) is 73.2 cm³/mol. The van der Waals surface area contributed by atoms with Gasteiger partial charge in [-0.25, -0.2) is 4.79 Å². The summed E-state index contributed by atoms with van der Waals surface area (Å²) in [5.74, 6) is -1.12. The Balaban J connectivity index is 2.58. The fourth-order valence-corrected chi connectivity index (χ4v) is 2.33. The number of aliphatic carboxylic acids is 1. The standard InChI is InChI=1S/C13H23N3O4/c1-4-13(11(18)19)6-7-16(8-13)12(20)15-9(3)10(17)14-5-2/h9H,4-8H2,1-3H3,(H,14,17)(H,15,20)(H,18,19). The molecule has 0 radical (unpaired) electrons. The van der Waals surface area contributed by atoms with Crippen LogP contribution in [0.15, 0.2) is 0 Å². The zero-order valence-corrected chi connectivity index (χ0v) is 12.2. The van der Waals surface area contributed by atoms with Crippen molar-refractivity contribution in [2.24, 2.45) is 5.41 Å². The van der Waals surface area contributed by atoms with Gasteiger partial charge in [0.25, 0.3) is 0 Å². The number of amides is 3. The van der Waals surface area contributed by atoms with Gasteiger partial charge in [0.2, 0.25) is 5.91 Å². The van der Waals surface area contributed by atoms with Crippen molar-refractivity contribution >= 4 is 17.9 Å². The second kappa shape index (κ2) is 6.58. The Kier molecular flexibility index (Phi) is 5.35. The fourth-order valence-electron chi connectivity index (χ4n) is 2.33. The minimum Gasteiger partial charge on any atom is -0.481 e. The van der Waals surface area contributed by atoms with Crippen LogP contribution in [0, 0.1) is 5.41 Å². The molecule has 3 amide bonds. The number of urea groups is 1. The molecule has 0 aromatic carbocycles. The zero-order chi connectivity index (χ0) is 15.3. The predicted octanol–water partition coefficient (Wildman–Crippen LogP) is 0.407. The number of likely N-dealkylation sites (N-methyl/N-ethyl adjacent to an activating group) is 1. The molecule has 2 unspecified atom stereocenters. The number of nitrogens with zero attached hydrogens (tertiary/aromatic N) is 1. The third-order valence-electron chi connectivity index (χ3n) is 3.86. The van der Waals surface area contributed by atoms with E-state index < -0.39 is 17.4 Å². The quantitative estimate of drug-likeness (QED) is 0.681.